The van der Waals surface area contributed by atoms with E-state index in [0.717, 1.165) is 22.4 Å². The van der Waals surface area contributed by atoms with E-state index in [1.54, 1.807) is 0 Å². The minimum Gasteiger partial charge on any atom is -0.490 e. The number of rotatable bonds is 9. The number of methoxy groups -OCH3 is 1. The summed E-state index contributed by atoms with van der Waals surface area (Å²) < 4.78 is 36.9. The van der Waals surface area contributed by atoms with Crippen molar-refractivity contribution in [1.82, 2.24) is 4.31 Å². The third kappa shape index (κ3) is 6.27. The van der Waals surface area contributed by atoms with E-state index in [0.29, 0.717) is 37.4 Å². The van der Waals surface area contributed by atoms with Gasteiger partial charge in [-0.1, -0.05) is 12.1 Å². The van der Waals surface area contributed by atoms with Crippen LogP contribution in [0.2, 0.25) is 0 Å². The van der Waals surface area contributed by atoms with E-state index >= 15 is 0 Å². The molecule has 0 unspecified atom stereocenters. The Balaban J connectivity index is 1.69. The van der Waals surface area contributed by atoms with Crippen molar-refractivity contribution in [2.24, 2.45) is 0 Å². The Kier molecular flexibility index (Phi) is 8.18. The Morgan fingerprint density at radius 1 is 1.21 bits per heavy atom. The number of nitrogens with zero attached hydrogens (tertiary/aromatic N) is 3. The standard InChI is InChI=1S/C25H31N3O5S/c1-18(2)33-24-8-5-19(13-22(24)15-26)16-27(3)23-7-6-21-17-28(11-9-20(21)14-23)34(30,31)12-10-25(29)32-4/h5-8,13-14,18H,9-12,16-17H2,1-4H3. The van der Waals surface area contributed by atoms with Crippen molar-refractivity contribution in [1.29, 1.82) is 5.26 Å². The maximum absolute atomic E-state index is 12.6. The van der Waals surface area contributed by atoms with E-state index < -0.39 is 16.0 Å². The van der Waals surface area contributed by atoms with Gasteiger partial charge >= 0.3 is 5.97 Å². The van der Waals surface area contributed by atoms with Crippen LogP contribution >= 0.6 is 0 Å². The van der Waals surface area contributed by atoms with Gasteiger partial charge in [-0.2, -0.15) is 9.57 Å². The van der Waals surface area contributed by atoms with Gasteiger partial charge in [-0.05, 0) is 61.2 Å². The third-order valence-corrected chi connectivity index (χ3v) is 7.56. The highest BCUT2D eigenvalue weighted by Gasteiger charge is 2.27. The minimum absolute atomic E-state index is 0.00474. The predicted molar refractivity (Wildman–Crippen MR) is 130 cm³/mol. The molecule has 0 saturated heterocycles. The van der Waals surface area contributed by atoms with Gasteiger partial charge in [0.2, 0.25) is 10.0 Å². The monoisotopic (exact) mass is 485 g/mol. The molecule has 0 radical (unpaired) electrons. The molecular weight excluding hydrogens is 454 g/mol. The zero-order valence-corrected chi connectivity index (χ0v) is 20.9. The molecule has 0 saturated carbocycles. The Bertz CT molecular complexity index is 1190. The van der Waals surface area contributed by atoms with Gasteiger partial charge in [-0.15, -0.1) is 0 Å². The number of nitriles is 1. The molecule has 0 bridgehead atoms. The van der Waals surface area contributed by atoms with Gasteiger partial charge in [0.25, 0.3) is 0 Å². The quantitative estimate of drug-likeness (QED) is 0.503. The van der Waals surface area contributed by atoms with Crippen molar-refractivity contribution in [3.05, 3.63) is 58.7 Å². The molecule has 182 valence electrons. The van der Waals surface area contributed by atoms with Crippen LogP contribution in [-0.4, -0.2) is 51.3 Å². The Labute approximate surface area is 201 Å². The zero-order chi connectivity index (χ0) is 24.9. The highest BCUT2D eigenvalue weighted by Crippen LogP contribution is 2.28. The summed E-state index contributed by atoms with van der Waals surface area (Å²) in [5.74, 6) is -0.192. The lowest BCUT2D eigenvalue weighted by molar-refractivity contribution is -0.140. The van der Waals surface area contributed by atoms with Crippen molar-refractivity contribution in [3.8, 4) is 11.8 Å². The molecule has 8 nitrogen and oxygen atoms in total. The number of carbonyl (C=O) groups excluding carboxylic acids is 1. The van der Waals surface area contributed by atoms with Crippen molar-refractivity contribution in [2.75, 3.05) is 31.4 Å². The molecule has 3 rings (SSSR count). The summed E-state index contributed by atoms with van der Waals surface area (Å²) in [5.41, 5.74) is 4.60. The molecule has 0 aliphatic carbocycles. The molecular formula is C25H31N3O5S. The number of hydrogen-bond donors (Lipinski definition) is 0. The summed E-state index contributed by atoms with van der Waals surface area (Å²) in [6.07, 6.45) is 0.452. The molecule has 1 aliphatic rings. The SMILES string of the molecule is COC(=O)CCS(=O)(=O)N1CCc2cc(N(C)Cc3ccc(OC(C)C)c(C#N)c3)ccc2C1. The first kappa shape index (κ1) is 25.5. The van der Waals surface area contributed by atoms with Crippen LogP contribution < -0.4 is 9.64 Å². The number of esters is 1. The summed E-state index contributed by atoms with van der Waals surface area (Å²) in [6, 6.07) is 13.9. The van der Waals surface area contributed by atoms with Crippen molar-refractivity contribution < 1.29 is 22.7 Å². The number of anilines is 1. The fraction of sp³-hybridized carbons (Fsp3) is 0.440. The first-order valence-electron chi connectivity index (χ1n) is 11.2. The van der Waals surface area contributed by atoms with Gasteiger partial charge in [0.1, 0.15) is 11.8 Å². The fourth-order valence-electron chi connectivity index (χ4n) is 3.92. The van der Waals surface area contributed by atoms with Gasteiger partial charge in [0.15, 0.2) is 0 Å². The second-order valence-electron chi connectivity index (χ2n) is 8.64. The molecule has 0 N–H and O–H groups in total. The Morgan fingerprint density at radius 2 is 1.97 bits per heavy atom. The van der Waals surface area contributed by atoms with Crippen molar-refractivity contribution in [3.63, 3.8) is 0 Å². The van der Waals surface area contributed by atoms with E-state index in [4.69, 9.17) is 4.74 Å². The van der Waals surface area contributed by atoms with Crippen molar-refractivity contribution >= 4 is 21.7 Å². The number of sulfonamides is 1. The maximum atomic E-state index is 12.6. The minimum atomic E-state index is -3.53. The molecule has 0 atom stereocenters. The van der Waals surface area contributed by atoms with Crippen LogP contribution in [0.3, 0.4) is 0 Å². The summed E-state index contributed by atoms with van der Waals surface area (Å²) in [6.45, 7) is 5.15. The maximum Gasteiger partial charge on any atom is 0.306 e. The molecule has 1 heterocycles. The van der Waals surface area contributed by atoms with Crippen LogP contribution in [0.5, 0.6) is 5.75 Å². The van der Waals surface area contributed by atoms with Crippen LogP contribution in [0.25, 0.3) is 0 Å². The molecule has 1 aliphatic heterocycles. The molecule has 2 aromatic rings. The summed E-state index contributed by atoms with van der Waals surface area (Å²) >= 11 is 0. The normalized spacial score (nSPS) is 13.8. The lowest BCUT2D eigenvalue weighted by Crippen LogP contribution is -2.38. The fourth-order valence-corrected chi connectivity index (χ4v) is 5.30. The highest BCUT2D eigenvalue weighted by atomic mass is 32.2. The second-order valence-corrected chi connectivity index (χ2v) is 10.7. The number of benzene rings is 2. The topological polar surface area (TPSA) is 99.9 Å². The van der Waals surface area contributed by atoms with Gasteiger partial charge in [0.05, 0.1) is 31.0 Å². The van der Waals surface area contributed by atoms with Gasteiger partial charge in [-0.25, -0.2) is 8.42 Å². The van der Waals surface area contributed by atoms with Crippen LogP contribution in [0.15, 0.2) is 36.4 Å². The van der Waals surface area contributed by atoms with E-state index in [9.17, 15) is 18.5 Å². The van der Waals surface area contributed by atoms with Gasteiger partial charge in [-0.3, -0.25) is 4.79 Å². The molecule has 0 amide bonds. The average molecular weight is 486 g/mol. The van der Waals surface area contributed by atoms with Crippen molar-refractivity contribution in [2.45, 2.75) is 45.9 Å². The zero-order valence-electron chi connectivity index (χ0n) is 20.1. The van der Waals surface area contributed by atoms with Gasteiger partial charge < -0.3 is 14.4 Å². The molecule has 2 aromatic carbocycles. The second kappa shape index (κ2) is 10.9. The van der Waals surface area contributed by atoms with E-state index in [1.165, 1.54) is 11.4 Å². The van der Waals surface area contributed by atoms with E-state index in [-0.39, 0.29) is 18.3 Å². The summed E-state index contributed by atoms with van der Waals surface area (Å²) in [4.78, 5) is 13.4. The lowest BCUT2D eigenvalue weighted by Gasteiger charge is -2.29. The number of carbonyl (C=O) groups is 1. The molecule has 0 aromatic heterocycles. The van der Waals surface area contributed by atoms with Gasteiger partial charge in [0, 0.05) is 32.4 Å². The lowest BCUT2D eigenvalue weighted by atomic mass is 10.00. The van der Waals surface area contributed by atoms with Crippen LogP contribution in [0, 0.1) is 11.3 Å². The third-order valence-electron chi connectivity index (χ3n) is 5.74. The number of ether oxygens (including phenoxy) is 2. The average Bonchev–Trinajstić information content (AvgIpc) is 2.82. The molecule has 9 heteroatoms. The summed E-state index contributed by atoms with van der Waals surface area (Å²) in [5, 5.41) is 9.48. The Morgan fingerprint density at radius 3 is 2.65 bits per heavy atom. The highest BCUT2D eigenvalue weighted by molar-refractivity contribution is 7.89. The largest absolute Gasteiger partial charge is 0.490 e. The number of fused-ring (bicyclic) bond motifs is 1. The smallest absolute Gasteiger partial charge is 0.306 e. The molecule has 0 fully saturated rings. The van der Waals surface area contributed by atoms with Crippen LogP contribution in [0.1, 0.15) is 42.5 Å². The molecule has 34 heavy (non-hydrogen) atoms. The van der Waals surface area contributed by atoms with Crippen LogP contribution in [0.4, 0.5) is 5.69 Å². The van der Waals surface area contributed by atoms with E-state index in [1.807, 2.05) is 51.2 Å². The van der Waals surface area contributed by atoms with E-state index in [2.05, 4.69) is 21.8 Å². The predicted octanol–water partition coefficient (Wildman–Crippen LogP) is 3.23. The number of hydrogen-bond acceptors (Lipinski definition) is 7. The van der Waals surface area contributed by atoms with Crippen LogP contribution in [-0.2, 0) is 39.1 Å². The molecule has 0 spiro atoms. The summed E-state index contributed by atoms with van der Waals surface area (Å²) in [7, 11) is -0.296. The first-order chi connectivity index (χ1) is 16.1. The first-order valence-corrected chi connectivity index (χ1v) is 12.8. The Hall–Kier alpha value is -3.09.